The summed E-state index contributed by atoms with van der Waals surface area (Å²) in [6.07, 6.45) is 3.35. The number of amides is 2. The molecule has 10 heteroatoms. The van der Waals surface area contributed by atoms with E-state index >= 15 is 0 Å². The molecule has 7 nitrogen and oxygen atoms in total. The number of hydrogen-bond donors (Lipinski definition) is 0. The molecule has 0 N–H and O–H groups in total. The first kappa shape index (κ1) is 23.1. The number of unbranched alkanes of at least 4 members (excludes halogenated alkanes) is 1. The number of anilines is 1. The van der Waals surface area contributed by atoms with E-state index in [0.29, 0.717) is 21.3 Å². The number of aromatic nitrogens is 1. The van der Waals surface area contributed by atoms with Crippen molar-refractivity contribution in [3.8, 4) is 0 Å². The smallest absolute Gasteiger partial charge is 0.376 e. The van der Waals surface area contributed by atoms with Crippen LogP contribution in [0.2, 0.25) is 0 Å². The number of benzene rings is 1. The maximum Gasteiger partial charge on any atom is 0.376 e. The molecular weight excluding hydrogens is 565 g/mol. The topological polar surface area (TPSA) is 75.9 Å². The second-order valence-electron chi connectivity index (χ2n) is 7.23. The fraction of sp³-hybridized carbons (Fsp3) is 0.318. The molecule has 3 aromatic rings. The zero-order chi connectivity index (χ0) is 22.7. The number of rotatable bonds is 9. The average Bonchev–Trinajstić information content (AvgIpc) is 3.45. The number of fused-ring (bicyclic) bond motifs is 1. The number of hydrogen-bond acceptors (Lipinski definition) is 6. The Hall–Kier alpha value is -2.11. The highest BCUT2D eigenvalue weighted by Gasteiger charge is 2.42. The van der Waals surface area contributed by atoms with Gasteiger partial charge in [-0.25, -0.2) is 19.5 Å². The van der Waals surface area contributed by atoms with Crippen LogP contribution in [-0.2, 0) is 11.2 Å². The third kappa shape index (κ3) is 4.94. The lowest BCUT2D eigenvalue weighted by Gasteiger charge is -2.19. The van der Waals surface area contributed by atoms with Gasteiger partial charge in [-0.1, -0.05) is 23.5 Å². The number of alkyl halides is 1. The van der Waals surface area contributed by atoms with Crippen LogP contribution in [0.1, 0.15) is 29.0 Å². The van der Waals surface area contributed by atoms with E-state index in [1.165, 1.54) is 16.2 Å². The van der Waals surface area contributed by atoms with Crippen molar-refractivity contribution in [1.82, 2.24) is 9.88 Å². The van der Waals surface area contributed by atoms with Crippen LogP contribution in [-0.4, -0.2) is 47.1 Å². The Morgan fingerprint density at radius 1 is 1.41 bits per heavy atom. The summed E-state index contributed by atoms with van der Waals surface area (Å²) in [5.74, 6) is 0.0154. The summed E-state index contributed by atoms with van der Waals surface area (Å²) < 4.78 is 12.6. The van der Waals surface area contributed by atoms with Crippen LogP contribution < -0.4 is 4.90 Å². The Balaban J connectivity index is 1.62. The van der Waals surface area contributed by atoms with Gasteiger partial charge < -0.3 is 14.1 Å². The van der Waals surface area contributed by atoms with E-state index in [9.17, 15) is 9.59 Å². The van der Waals surface area contributed by atoms with Crippen molar-refractivity contribution in [2.75, 3.05) is 23.9 Å². The number of nitrogens with zero attached hydrogens (tertiary/aromatic N) is 3. The molecule has 0 saturated carbocycles. The van der Waals surface area contributed by atoms with Gasteiger partial charge >= 0.3 is 12.0 Å². The van der Waals surface area contributed by atoms with Gasteiger partial charge in [0, 0.05) is 12.4 Å². The van der Waals surface area contributed by atoms with E-state index in [-0.39, 0.29) is 18.3 Å². The van der Waals surface area contributed by atoms with Gasteiger partial charge in [-0.15, -0.1) is 18.2 Å². The summed E-state index contributed by atoms with van der Waals surface area (Å²) in [6.45, 7) is 4.53. The number of ether oxygens (including phenoxy) is 1. The van der Waals surface area contributed by atoms with Crippen molar-refractivity contribution >= 4 is 72.9 Å². The van der Waals surface area contributed by atoms with Crippen LogP contribution in [0.3, 0.4) is 0 Å². The van der Waals surface area contributed by atoms with E-state index in [1.54, 1.807) is 17.0 Å². The van der Waals surface area contributed by atoms with Crippen LogP contribution in [0.4, 0.5) is 9.93 Å². The number of thiazole rings is 1. The Morgan fingerprint density at radius 3 is 2.97 bits per heavy atom. The highest BCUT2D eigenvalue weighted by Crippen LogP contribution is 2.34. The molecule has 1 aliphatic rings. The van der Waals surface area contributed by atoms with Crippen LogP contribution in [0, 0.1) is 3.77 Å². The van der Waals surface area contributed by atoms with E-state index in [4.69, 9.17) is 20.8 Å². The first-order valence-electron chi connectivity index (χ1n) is 10.1. The van der Waals surface area contributed by atoms with E-state index < -0.39 is 12.2 Å². The van der Waals surface area contributed by atoms with Crippen molar-refractivity contribution in [3.05, 3.63) is 58.1 Å². The third-order valence-electron chi connectivity index (χ3n) is 5.03. The van der Waals surface area contributed by atoms with Crippen LogP contribution in [0.5, 0.6) is 0 Å². The first-order valence-corrected chi connectivity index (χ1v) is 12.5. The van der Waals surface area contributed by atoms with Gasteiger partial charge in [-0.2, -0.15) is 0 Å². The van der Waals surface area contributed by atoms with Gasteiger partial charge in [0.1, 0.15) is 0 Å². The molecule has 1 aliphatic heterocycles. The Labute approximate surface area is 208 Å². The number of esters is 1. The molecule has 0 bridgehead atoms. The zero-order valence-electron chi connectivity index (χ0n) is 17.1. The fourth-order valence-corrected chi connectivity index (χ4v) is 5.16. The third-order valence-corrected chi connectivity index (χ3v) is 6.81. The van der Waals surface area contributed by atoms with Crippen molar-refractivity contribution in [2.24, 2.45) is 0 Å². The number of urea groups is 1. The maximum absolute atomic E-state index is 13.2. The second kappa shape index (κ2) is 10.2. The minimum atomic E-state index is -0.802. The summed E-state index contributed by atoms with van der Waals surface area (Å²) in [4.78, 5) is 33.7. The predicted molar refractivity (Wildman–Crippen MR) is 134 cm³/mol. The lowest BCUT2D eigenvalue weighted by atomic mass is 10.2. The molecule has 1 atom stereocenters. The molecule has 4 rings (SSSR count). The number of allylic oxidation sites excluding steroid dienone is 1. The van der Waals surface area contributed by atoms with Gasteiger partial charge in [0.15, 0.2) is 8.90 Å². The summed E-state index contributed by atoms with van der Waals surface area (Å²) in [5, 5.41) is 0.492. The van der Waals surface area contributed by atoms with Crippen molar-refractivity contribution in [1.29, 1.82) is 0 Å². The molecule has 0 aliphatic carbocycles. The minimum absolute atomic E-state index is 0.0990. The molecule has 2 amide bonds. The summed E-state index contributed by atoms with van der Waals surface area (Å²) in [5.41, 5.74) is 1.89. The second-order valence-corrected chi connectivity index (χ2v) is 9.68. The molecule has 1 fully saturated rings. The Bertz CT molecular complexity index is 1150. The highest BCUT2D eigenvalue weighted by atomic mass is 127. The number of carbonyl (C=O) groups excluding carboxylic acids is 2. The van der Waals surface area contributed by atoms with E-state index in [2.05, 4.69) is 11.6 Å². The SMILES string of the molecule is C=CCCCN1CC(OC(=O)c2ccc(I)o2)N(c2nc3ccc(CCCl)cc3s2)C1=O. The fourth-order valence-electron chi connectivity index (χ4n) is 3.46. The van der Waals surface area contributed by atoms with Crippen LogP contribution in [0.15, 0.2) is 47.4 Å². The quantitative estimate of drug-likeness (QED) is 0.106. The van der Waals surface area contributed by atoms with Gasteiger partial charge in [-0.05, 0) is 71.7 Å². The maximum atomic E-state index is 13.2. The highest BCUT2D eigenvalue weighted by molar-refractivity contribution is 14.1. The largest absolute Gasteiger partial charge is 0.443 e. The summed E-state index contributed by atoms with van der Waals surface area (Å²) in [6, 6.07) is 8.95. The predicted octanol–water partition coefficient (Wildman–Crippen LogP) is 5.67. The lowest BCUT2D eigenvalue weighted by Crippen LogP contribution is -2.37. The number of carbonyl (C=O) groups is 2. The molecule has 1 aromatic carbocycles. The molecular formula is C22H21ClIN3O4S. The molecule has 32 heavy (non-hydrogen) atoms. The van der Waals surface area contributed by atoms with Gasteiger partial charge in [0.2, 0.25) is 12.0 Å². The van der Waals surface area contributed by atoms with Crippen molar-refractivity contribution in [2.45, 2.75) is 25.5 Å². The molecule has 168 valence electrons. The summed E-state index contributed by atoms with van der Waals surface area (Å²) >= 11 is 9.24. The molecule has 0 spiro atoms. The Kier molecular flexibility index (Phi) is 7.37. The number of aryl methyl sites for hydroxylation is 1. The van der Waals surface area contributed by atoms with Gasteiger partial charge in [-0.3, -0.25) is 0 Å². The number of furan rings is 1. The monoisotopic (exact) mass is 585 g/mol. The van der Waals surface area contributed by atoms with Gasteiger partial charge in [0.05, 0.1) is 16.8 Å². The molecule has 1 saturated heterocycles. The van der Waals surface area contributed by atoms with Crippen molar-refractivity contribution in [3.63, 3.8) is 0 Å². The van der Waals surface area contributed by atoms with E-state index in [0.717, 1.165) is 35.0 Å². The standard InChI is InChI=1S/C22H21ClIN3O4S/c1-2-3-4-11-26-13-19(31-20(28)16-7-8-18(24)30-16)27(22(26)29)21-25-15-6-5-14(9-10-23)12-17(15)32-21/h2,5-8,12,19H,1,3-4,9-11,13H2. The molecule has 0 radical (unpaired) electrons. The van der Waals surface area contributed by atoms with Gasteiger partial charge in [0.25, 0.3) is 0 Å². The van der Waals surface area contributed by atoms with E-state index in [1.807, 2.05) is 46.9 Å². The Morgan fingerprint density at radius 2 is 2.25 bits per heavy atom. The van der Waals surface area contributed by atoms with Crippen molar-refractivity contribution < 1.29 is 18.7 Å². The lowest BCUT2D eigenvalue weighted by molar-refractivity contribution is 0.0288. The minimum Gasteiger partial charge on any atom is -0.443 e. The first-order chi connectivity index (χ1) is 15.5. The molecule has 2 aromatic heterocycles. The van der Waals surface area contributed by atoms with Crippen LogP contribution in [0.25, 0.3) is 10.2 Å². The average molecular weight is 586 g/mol. The summed E-state index contributed by atoms with van der Waals surface area (Å²) in [7, 11) is 0. The molecule has 1 unspecified atom stereocenters. The molecule has 3 heterocycles. The number of halogens is 2. The van der Waals surface area contributed by atoms with Crippen LogP contribution >= 0.6 is 45.5 Å². The zero-order valence-corrected chi connectivity index (χ0v) is 20.9. The normalized spacial score (nSPS) is 16.2.